The zero-order valence-electron chi connectivity index (χ0n) is 23.5. The summed E-state index contributed by atoms with van der Waals surface area (Å²) in [6, 6.07) is 19.3. The van der Waals surface area contributed by atoms with Gasteiger partial charge in [0.2, 0.25) is 11.8 Å². The highest BCUT2D eigenvalue weighted by atomic mass is 35.5. The Hall–Kier alpha value is -3.56. The number of nitrogens with one attached hydrogen (secondary N) is 1. The summed E-state index contributed by atoms with van der Waals surface area (Å²) in [4.78, 5) is 28.9. The predicted octanol–water partition coefficient (Wildman–Crippen LogP) is 5.33. The van der Waals surface area contributed by atoms with E-state index in [0.717, 1.165) is 35.6 Å². The van der Waals surface area contributed by atoms with E-state index >= 15 is 0 Å². The van der Waals surface area contributed by atoms with Crippen molar-refractivity contribution in [3.8, 4) is 5.75 Å². The lowest BCUT2D eigenvalue weighted by Crippen LogP contribution is -2.52. The van der Waals surface area contributed by atoms with E-state index in [4.69, 9.17) is 16.3 Å². The molecule has 1 atom stereocenters. The predicted molar refractivity (Wildman–Crippen MR) is 161 cm³/mol. The Kier molecular flexibility index (Phi) is 9.94. The smallest absolute Gasteiger partial charge is 0.264 e. The summed E-state index contributed by atoms with van der Waals surface area (Å²) >= 11 is 6.02. The Morgan fingerprint density at radius 2 is 1.71 bits per heavy atom. The summed E-state index contributed by atoms with van der Waals surface area (Å²) in [5.74, 6) is -0.163. The number of hydrogen-bond donors (Lipinski definition) is 1. The molecule has 0 bridgehead atoms. The molecule has 41 heavy (non-hydrogen) atoms. The Morgan fingerprint density at radius 3 is 2.37 bits per heavy atom. The number of anilines is 1. The quantitative estimate of drug-likeness (QED) is 0.322. The molecule has 1 saturated carbocycles. The normalized spacial score (nSPS) is 14.3. The molecule has 1 aliphatic rings. The van der Waals surface area contributed by atoms with Gasteiger partial charge in [-0.25, -0.2) is 8.42 Å². The van der Waals surface area contributed by atoms with Gasteiger partial charge in [-0.2, -0.15) is 0 Å². The van der Waals surface area contributed by atoms with Gasteiger partial charge in [0, 0.05) is 17.6 Å². The minimum atomic E-state index is -4.16. The molecule has 2 amide bonds. The molecule has 0 heterocycles. The maximum Gasteiger partial charge on any atom is 0.264 e. The Balaban J connectivity index is 1.70. The van der Waals surface area contributed by atoms with Gasteiger partial charge >= 0.3 is 0 Å². The van der Waals surface area contributed by atoms with E-state index in [1.165, 1.54) is 29.2 Å². The van der Waals surface area contributed by atoms with Gasteiger partial charge in [-0.1, -0.05) is 54.8 Å². The highest BCUT2D eigenvalue weighted by molar-refractivity contribution is 7.92. The molecule has 8 nitrogen and oxygen atoms in total. The third-order valence-corrected chi connectivity index (χ3v) is 9.45. The van der Waals surface area contributed by atoms with Gasteiger partial charge in [-0.05, 0) is 80.3 Å². The Labute approximate surface area is 247 Å². The molecule has 3 aromatic carbocycles. The van der Waals surface area contributed by atoms with Crippen LogP contribution in [0.3, 0.4) is 0 Å². The van der Waals surface area contributed by atoms with Crippen LogP contribution in [-0.4, -0.2) is 50.9 Å². The van der Waals surface area contributed by atoms with Gasteiger partial charge in [0.25, 0.3) is 10.0 Å². The number of amides is 2. The first kappa shape index (κ1) is 30.4. The molecule has 1 unspecified atom stereocenters. The van der Waals surface area contributed by atoms with Crippen LogP contribution in [0.2, 0.25) is 5.02 Å². The second-order valence-corrected chi connectivity index (χ2v) is 12.6. The summed E-state index contributed by atoms with van der Waals surface area (Å²) in [5, 5.41) is 3.47. The number of benzene rings is 3. The molecule has 4 rings (SSSR count). The Morgan fingerprint density at radius 1 is 1.02 bits per heavy atom. The minimum Gasteiger partial charge on any atom is -0.497 e. The van der Waals surface area contributed by atoms with Gasteiger partial charge in [0.15, 0.2) is 0 Å². The number of sulfonamides is 1. The lowest BCUT2D eigenvalue weighted by atomic mass is 10.1. The molecular formula is C31H36ClN3O5S. The first-order valence-corrected chi connectivity index (χ1v) is 15.5. The molecule has 1 fully saturated rings. The maximum absolute atomic E-state index is 14.1. The number of carbonyl (C=O) groups excluding carboxylic acids is 2. The topological polar surface area (TPSA) is 96.0 Å². The largest absolute Gasteiger partial charge is 0.497 e. The lowest BCUT2D eigenvalue weighted by Gasteiger charge is -2.33. The highest BCUT2D eigenvalue weighted by Crippen LogP contribution is 2.28. The zero-order chi connectivity index (χ0) is 29.6. The fourth-order valence-corrected chi connectivity index (χ4v) is 6.64. The number of para-hydroxylation sites is 1. The molecule has 218 valence electrons. The maximum atomic E-state index is 14.1. The number of methoxy groups -OCH3 is 1. The molecule has 0 saturated heterocycles. The molecule has 0 aliphatic heterocycles. The van der Waals surface area contributed by atoms with Crippen LogP contribution in [0.25, 0.3) is 0 Å². The van der Waals surface area contributed by atoms with Crippen LogP contribution in [0.5, 0.6) is 5.75 Å². The van der Waals surface area contributed by atoms with E-state index in [2.05, 4.69) is 5.32 Å². The second-order valence-electron chi connectivity index (χ2n) is 10.3. The van der Waals surface area contributed by atoms with E-state index < -0.39 is 28.5 Å². The van der Waals surface area contributed by atoms with Gasteiger partial charge in [0.1, 0.15) is 18.3 Å². The lowest BCUT2D eigenvalue weighted by molar-refractivity contribution is -0.139. The molecule has 0 aromatic heterocycles. The molecule has 1 aliphatic carbocycles. The van der Waals surface area contributed by atoms with E-state index in [1.54, 1.807) is 57.4 Å². The molecule has 3 aromatic rings. The monoisotopic (exact) mass is 597 g/mol. The van der Waals surface area contributed by atoms with Crippen molar-refractivity contribution < 1.29 is 22.7 Å². The van der Waals surface area contributed by atoms with E-state index in [0.29, 0.717) is 22.0 Å². The SMILES string of the molecule is COc1cccc(CN(C(=O)CN(c2ccccc2C)S(=O)(=O)c2ccc(Cl)cc2)C(C)C(=O)NC2CCCC2)c1. The number of ether oxygens (including phenoxy) is 1. The van der Waals surface area contributed by atoms with Crippen molar-refractivity contribution in [2.75, 3.05) is 18.0 Å². The van der Waals surface area contributed by atoms with Crippen LogP contribution in [0.4, 0.5) is 5.69 Å². The average Bonchev–Trinajstić information content (AvgIpc) is 3.48. The van der Waals surface area contributed by atoms with Crippen LogP contribution in [0.1, 0.15) is 43.7 Å². The third-order valence-electron chi connectivity index (χ3n) is 7.42. The summed E-state index contributed by atoms with van der Waals surface area (Å²) in [6.07, 6.45) is 3.92. The van der Waals surface area contributed by atoms with Crippen molar-refractivity contribution in [3.05, 3.63) is 88.9 Å². The molecule has 0 radical (unpaired) electrons. The number of hydrogen-bond acceptors (Lipinski definition) is 5. The third kappa shape index (κ3) is 7.40. The van der Waals surface area contributed by atoms with Crippen molar-refractivity contribution >= 4 is 39.1 Å². The van der Waals surface area contributed by atoms with Crippen LogP contribution in [0.15, 0.2) is 77.7 Å². The summed E-state index contributed by atoms with van der Waals surface area (Å²) in [6.45, 7) is 3.06. The molecule has 0 spiro atoms. The van der Waals surface area contributed by atoms with Gasteiger partial charge in [-0.15, -0.1) is 0 Å². The van der Waals surface area contributed by atoms with Crippen molar-refractivity contribution in [1.82, 2.24) is 10.2 Å². The fraction of sp³-hybridized carbons (Fsp3) is 0.355. The van der Waals surface area contributed by atoms with Crippen LogP contribution in [0, 0.1) is 6.92 Å². The fourth-order valence-electron chi connectivity index (χ4n) is 5.03. The highest BCUT2D eigenvalue weighted by Gasteiger charge is 2.33. The molecular weight excluding hydrogens is 562 g/mol. The van der Waals surface area contributed by atoms with Crippen LogP contribution in [-0.2, 0) is 26.2 Å². The number of aryl methyl sites for hydroxylation is 1. The summed E-state index contributed by atoms with van der Waals surface area (Å²) in [5.41, 5.74) is 1.81. The number of nitrogens with zero attached hydrogens (tertiary/aromatic N) is 2. The first-order valence-electron chi connectivity index (χ1n) is 13.7. The van der Waals surface area contributed by atoms with Crippen molar-refractivity contribution in [3.63, 3.8) is 0 Å². The summed E-state index contributed by atoms with van der Waals surface area (Å²) in [7, 11) is -2.61. The number of halogens is 1. The van der Waals surface area contributed by atoms with Gasteiger partial charge in [0.05, 0.1) is 17.7 Å². The van der Waals surface area contributed by atoms with Crippen LogP contribution < -0.4 is 14.4 Å². The Bertz CT molecular complexity index is 1470. The van der Waals surface area contributed by atoms with E-state index in [1.807, 2.05) is 12.1 Å². The van der Waals surface area contributed by atoms with E-state index in [-0.39, 0.29) is 23.4 Å². The molecule has 10 heteroatoms. The summed E-state index contributed by atoms with van der Waals surface area (Å²) < 4.78 is 34.3. The average molecular weight is 598 g/mol. The van der Waals surface area contributed by atoms with Crippen LogP contribution >= 0.6 is 11.6 Å². The van der Waals surface area contributed by atoms with Crippen molar-refractivity contribution in [2.24, 2.45) is 0 Å². The number of carbonyl (C=O) groups is 2. The number of rotatable bonds is 11. The van der Waals surface area contributed by atoms with Crippen molar-refractivity contribution in [2.45, 2.75) is 63.1 Å². The van der Waals surface area contributed by atoms with Gasteiger partial charge in [-0.3, -0.25) is 13.9 Å². The zero-order valence-corrected chi connectivity index (χ0v) is 25.1. The van der Waals surface area contributed by atoms with Crippen molar-refractivity contribution in [1.29, 1.82) is 0 Å². The molecule has 1 N–H and O–H groups in total. The van der Waals surface area contributed by atoms with E-state index in [9.17, 15) is 18.0 Å². The first-order chi connectivity index (χ1) is 19.6. The second kappa shape index (κ2) is 13.4. The minimum absolute atomic E-state index is 0.00400. The standard InChI is InChI=1S/C31H36ClN3O5S/c1-22-9-4-7-14-29(22)35(41(38,39)28-17-15-25(32)16-18-28)21-30(36)34(20-24-10-8-13-27(19-24)40-3)23(2)31(37)33-26-11-5-6-12-26/h4,7-10,13-19,23,26H,5-6,11-12,20-21H2,1-3H3,(H,33,37). The van der Waals surface area contributed by atoms with Gasteiger partial charge < -0.3 is 15.0 Å².